The molecule has 0 saturated carbocycles. The van der Waals surface area contributed by atoms with Gasteiger partial charge in [-0.05, 0) is 6.42 Å². The summed E-state index contributed by atoms with van der Waals surface area (Å²) in [6, 6.07) is -0.220. The number of carboxylic acid groups (broad SMARTS) is 1. The zero-order chi connectivity index (χ0) is 21.2. The molecule has 0 aromatic carbocycles. The number of primary amides is 1. The zero-order valence-electron chi connectivity index (χ0n) is 15.4. The molecule has 2 aromatic heterocycles. The molecule has 0 atom stereocenters. The van der Waals surface area contributed by atoms with Crippen molar-refractivity contribution in [2.24, 2.45) is 12.8 Å². The molecule has 2 rings (SSSR count). The van der Waals surface area contributed by atoms with Gasteiger partial charge in [-0.2, -0.15) is 23.5 Å². The molecule has 2 heterocycles. The third kappa shape index (κ3) is 3.53. The highest BCUT2D eigenvalue weighted by molar-refractivity contribution is 7.93. The maximum absolute atomic E-state index is 13.2. The fraction of sp³-hybridized carbons (Fsp3) is 0.357. The topological polar surface area (TPSA) is 180 Å². The molecule has 13 nitrogen and oxygen atoms in total. The van der Waals surface area contributed by atoms with Crippen molar-refractivity contribution in [3.8, 4) is 11.8 Å². The summed E-state index contributed by atoms with van der Waals surface area (Å²) in [7, 11) is -1.12. The van der Waals surface area contributed by atoms with E-state index >= 15 is 0 Å². The Hall–Kier alpha value is -3.42. The molecular formula is C14H18N6O7S. The summed E-state index contributed by atoms with van der Waals surface area (Å²) in [5.41, 5.74) is 4.70. The van der Waals surface area contributed by atoms with Crippen LogP contribution in [0.5, 0.6) is 11.8 Å². The summed E-state index contributed by atoms with van der Waals surface area (Å²) in [5.74, 6) is -2.43. The van der Waals surface area contributed by atoms with Crippen LogP contribution < -0.4 is 19.5 Å². The van der Waals surface area contributed by atoms with Gasteiger partial charge in [0.1, 0.15) is 5.56 Å². The molecular weight excluding hydrogens is 396 g/mol. The molecule has 0 saturated heterocycles. The number of ether oxygens (including phenoxy) is 2. The van der Waals surface area contributed by atoms with Crippen molar-refractivity contribution in [3.05, 3.63) is 17.3 Å². The maximum Gasteiger partial charge on any atom is 0.340 e. The van der Waals surface area contributed by atoms with Crippen LogP contribution in [0.25, 0.3) is 0 Å². The van der Waals surface area contributed by atoms with Gasteiger partial charge in [0.15, 0.2) is 5.03 Å². The van der Waals surface area contributed by atoms with E-state index in [1.165, 1.54) is 27.3 Å². The second-order valence-corrected chi connectivity index (χ2v) is 6.97. The Balaban J connectivity index is 2.80. The number of urea groups is 1. The first-order chi connectivity index (χ1) is 13.1. The molecule has 28 heavy (non-hydrogen) atoms. The van der Waals surface area contributed by atoms with Crippen LogP contribution in [0.4, 0.5) is 10.7 Å². The SMILES string of the molecule is CCc1nn(C)c(S(=O)(=O)N(C(N)=O)c2nc(OC)cc(OC)n2)c1C(=O)O. The molecule has 152 valence electrons. The number of hydrogen-bond acceptors (Lipinski definition) is 9. The molecule has 0 unspecified atom stereocenters. The highest BCUT2D eigenvalue weighted by Gasteiger charge is 2.40. The number of carboxylic acids is 1. The number of aromatic carboxylic acids is 1. The number of sulfonamides is 1. The van der Waals surface area contributed by atoms with Gasteiger partial charge in [-0.15, -0.1) is 4.31 Å². The van der Waals surface area contributed by atoms with Crippen molar-refractivity contribution < 1.29 is 32.6 Å². The van der Waals surface area contributed by atoms with E-state index in [1.54, 1.807) is 6.92 Å². The predicted molar refractivity (Wildman–Crippen MR) is 93.9 cm³/mol. The Morgan fingerprint density at radius 3 is 2.18 bits per heavy atom. The monoisotopic (exact) mass is 414 g/mol. The van der Waals surface area contributed by atoms with Gasteiger partial charge in [-0.25, -0.2) is 9.59 Å². The van der Waals surface area contributed by atoms with Crippen molar-refractivity contribution in [1.29, 1.82) is 0 Å². The second-order valence-electron chi connectivity index (χ2n) is 5.27. The summed E-state index contributed by atoms with van der Waals surface area (Å²) in [6.07, 6.45) is 0.144. The van der Waals surface area contributed by atoms with Crippen LogP contribution >= 0.6 is 0 Å². The number of anilines is 1. The van der Waals surface area contributed by atoms with E-state index in [9.17, 15) is 23.1 Å². The van der Waals surface area contributed by atoms with E-state index < -0.39 is 38.6 Å². The smallest absolute Gasteiger partial charge is 0.340 e. The van der Waals surface area contributed by atoms with E-state index in [2.05, 4.69) is 15.1 Å². The van der Waals surface area contributed by atoms with Gasteiger partial charge in [0, 0.05) is 7.05 Å². The number of methoxy groups -OCH3 is 2. The minimum atomic E-state index is -4.86. The van der Waals surface area contributed by atoms with Gasteiger partial charge in [0.2, 0.25) is 11.8 Å². The number of aryl methyl sites for hydroxylation is 2. The van der Waals surface area contributed by atoms with Crippen molar-refractivity contribution >= 4 is 28.0 Å². The number of hydrogen-bond donors (Lipinski definition) is 2. The van der Waals surface area contributed by atoms with Crippen molar-refractivity contribution in [2.45, 2.75) is 18.4 Å². The average Bonchev–Trinajstić information content (AvgIpc) is 2.98. The molecule has 0 aliphatic heterocycles. The van der Waals surface area contributed by atoms with Crippen molar-refractivity contribution in [2.75, 3.05) is 18.5 Å². The van der Waals surface area contributed by atoms with Gasteiger partial charge in [0.05, 0.1) is 26.0 Å². The fourth-order valence-corrected chi connectivity index (χ4v) is 3.97. The van der Waals surface area contributed by atoms with Crippen LogP contribution in [-0.4, -0.2) is 59.5 Å². The Labute approximate surface area is 159 Å². The van der Waals surface area contributed by atoms with Crippen LogP contribution in [0, 0.1) is 0 Å². The van der Waals surface area contributed by atoms with Gasteiger partial charge in [-0.1, -0.05) is 6.92 Å². The first kappa shape index (κ1) is 20.9. The minimum absolute atomic E-state index is 0.0159. The van der Waals surface area contributed by atoms with Crippen LogP contribution in [0.3, 0.4) is 0 Å². The zero-order valence-corrected chi connectivity index (χ0v) is 16.2. The summed E-state index contributed by atoms with van der Waals surface area (Å²) >= 11 is 0. The lowest BCUT2D eigenvalue weighted by Gasteiger charge is -2.19. The first-order valence-electron chi connectivity index (χ1n) is 7.69. The molecule has 2 amide bonds. The van der Waals surface area contributed by atoms with Gasteiger partial charge in [0.25, 0.3) is 16.0 Å². The van der Waals surface area contributed by atoms with E-state index in [4.69, 9.17) is 15.2 Å². The molecule has 0 aliphatic carbocycles. The van der Waals surface area contributed by atoms with Crippen LogP contribution in [0.1, 0.15) is 23.0 Å². The first-order valence-corrected chi connectivity index (χ1v) is 9.13. The van der Waals surface area contributed by atoms with E-state index in [-0.39, 0.29) is 28.2 Å². The average molecular weight is 414 g/mol. The van der Waals surface area contributed by atoms with Crippen LogP contribution in [0.2, 0.25) is 0 Å². The third-order valence-electron chi connectivity index (χ3n) is 3.57. The minimum Gasteiger partial charge on any atom is -0.481 e. The molecule has 0 spiro atoms. The number of carbonyl (C=O) groups excluding carboxylic acids is 1. The molecule has 2 aromatic rings. The Bertz CT molecular complexity index is 1010. The fourth-order valence-electron chi connectivity index (χ4n) is 2.42. The molecule has 0 aliphatic rings. The Morgan fingerprint density at radius 2 is 1.79 bits per heavy atom. The van der Waals surface area contributed by atoms with Gasteiger partial charge in [-0.3, -0.25) is 4.68 Å². The van der Waals surface area contributed by atoms with E-state index in [0.29, 0.717) is 0 Å². The summed E-state index contributed by atoms with van der Waals surface area (Å²) in [5, 5.41) is 12.6. The lowest BCUT2D eigenvalue weighted by molar-refractivity contribution is 0.0691. The molecule has 14 heteroatoms. The number of rotatable bonds is 7. The maximum atomic E-state index is 13.2. The predicted octanol–water partition coefficient (Wildman–Crippen LogP) is -0.238. The third-order valence-corrected chi connectivity index (χ3v) is 5.35. The van der Waals surface area contributed by atoms with Crippen LogP contribution in [-0.2, 0) is 23.5 Å². The highest BCUT2D eigenvalue weighted by Crippen LogP contribution is 2.28. The number of carbonyl (C=O) groups is 2. The molecule has 0 fully saturated rings. The number of amides is 2. The Morgan fingerprint density at radius 1 is 1.25 bits per heavy atom. The highest BCUT2D eigenvalue weighted by atomic mass is 32.2. The normalized spacial score (nSPS) is 11.1. The lowest BCUT2D eigenvalue weighted by atomic mass is 10.2. The standard InChI is InChI=1S/C14H18N6O7S/c1-5-7-10(12(21)22)11(19(2)18-7)28(24,25)20(13(15)23)14-16-8(26-3)6-9(17-14)27-4/h6H,5H2,1-4H3,(H2,15,23)(H,21,22). The van der Waals surface area contributed by atoms with Gasteiger partial charge < -0.3 is 20.3 Å². The summed E-state index contributed by atoms with van der Waals surface area (Å²) < 4.78 is 37.1. The van der Waals surface area contributed by atoms with E-state index in [1.807, 2.05) is 0 Å². The number of nitrogens with two attached hydrogens (primary N) is 1. The largest absolute Gasteiger partial charge is 0.481 e. The number of aromatic nitrogens is 4. The molecule has 0 radical (unpaired) electrons. The number of nitrogens with zero attached hydrogens (tertiary/aromatic N) is 5. The summed E-state index contributed by atoms with van der Waals surface area (Å²) in [4.78, 5) is 31.3. The second kappa shape index (κ2) is 7.67. The van der Waals surface area contributed by atoms with Crippen molar-refractivity contribution in [1.82, 2.24) is 19.7 Å². The lowest BCUT2D eigenvalue weighted by Crippen LogP contribution is -2.43. The molecule has 0 bridgehead atoms. The van der Waals surface area contributed by atoms with Gasteiger partial charge >= 0.3 is 12.0 Å². The van der Waals surface area contributed by atoms with E-state index in [0.717, 1.165) is 4.68 Å². The molecule has 3 N–H and O–H groups in total. The van der Waals surface area contributed by atoms with Crippen molar-refractivity contribution in [3.63, 3.8) is 0 Å². The quantitative estimate of drug-likeness (QED) is 0.614. The summed E-state index contributed by atoms with van der Waals surface area (Å²) in [6.45, 7) is 1.60. The Kier molecular flexibility index (Phi) is 5.72. The van der Waals surface area contributed by atoms with Crippen LogP contribution in [0.15, 0.2) is 11.1 Å².